The van der Waals surface area contributed by atoms with Gasteiger partial charge in [0.15, 0.2) is 5.78 Å². The molecule has 0 atom stereocenters. The number of anilines is 1. The number of amides is 1. The molecule has 1 amide bonds. The molecule has 2 N–H and O–H groups in total. The molecule has 2 aromatic rings. The fourth-order valence-corrected chi connectivity index (χ4v) is 2.57. The first kappa shape index (κ1) is 15.6. The summed E-state index contributed by atoms with van der Waals surface area (Å²) in [5.41, 5.74) is 2.76. The standard InChI is InChI=1S/C15H14Cl2N2O2/c1-7-13(9(3)20)8(2)18-14(7)15(21)19-10-4-5-11(16)12(17)6-10/h4-6,18H,1-3H3,(H,19,21). The predicted molar refractivity (Wildman–Crippen MR) is 84.7 cm³/mol. The van der Waals surface area contributed by atoms with E-state index in [2.05, 4.69) is 10.3 Å². The highest BCUT2D eigenvalue weighted by molar-refractivity contribution is 6.42. The van der Waals surface area contributed by atoms with Gasteiger partial charge in [0.1, 0.15) is 5.69 Å². The second kappa shape index (κ2) is 5.92. The molecule has 6 heteroatoms. The number of aromatic amines is 1. The number of aryl methyl sites for hydroxylation is 1. The quantitative estimate of drug-likeness (QED) is 0.822. The van der Waals surface area contributed by atoms with Crippen molar-refractivity contribution in [3.8, 4) is 0 Å². The Hall–Kier alpha value is -1.78. The Balaban J connectivity index is 2.31. The third-order valence-electron chi connectivity index (χ3n) is 3.19. The molecule has 0 unspecified atom stereocenters. The fourth-order valence-electron chi connectivity index (χ4n) is 2.27. The highest BCUT2D eigenvalue weighted by Gasteiger charge is 2.19. The summed E-state index contributed by atoms with van der Waals surface area (Å²) in [5, 5.41) is 3.50. The number of carbonyl (C=O) groups is 2. The highest BCUT2D eigenvalue weighted by atomic mass is 35.5. The molecule has 21 heavy (non-hydrogen) atoms. The van der Waals surface area contributed by atoms with Crippen LogP contribution in [0, 0.1) is 13.8 Å². The first-order valence-electron chi connectivity index (χ1n) is 6.27. The van der Waals surface area contributed by atoms with Crippen molar-refractivity contribution in [3.63, 3.8) is 0 Å². The molecule has 0 bridgehead atoms. The van der Waals surface area contributed by atoms with Gasteiger partial charge in [-0.25, -0.2) is 0 Å². The van der Waals surface area contributed by atoms with E-state index >= 15 is 0 Å². The van der Waals surface area contributed by atoms with E-state index in [9.17, 15) is 9.59 Å². The minimum atomic E-state index is -0.332. The lowest BCUT2D eigenvalue weighted by Crippen LogP contribution is -2.13. The molecule has 2 rings (SSSR count). The van der Waals surface area contributed by atoms with E-state index < -0.39 is 0 Å². The summed E-state index contributed by atoms with van der Waals surface area (Å²) in [6.45, 7) is 4.98. The number of Topliss-reactive ketones (excluding diaryl/α,β-unsaturated/α-hetero) is 1. The first-order chi connectivity index (χ1) is 9.81. The van der Waals surface area contributed by atoms with Crippen LogP contribution in [0.3, 0.4) is 0 Å². The zero-order valence-electron chi connectivity index (χ0n) is 11.8. The average molecular weight is 325 g/mol. The van der Waals surface area contributed by atoms with Gasteiger partial charge in [0, 0.05) is 16.9 Å². The van der Waals surface area contributed by atoms with Gasteiger partial charge in [0.2, 0.25) is 0 Å². The Bertz CT molecular complexity index is 736. The van der Waals surface area contributed by atoms with Crippen LogP contribution in [0.25, 0.3) is 0 Å². The number of aromatic nitrogens is 1. The predicted octanol–water partition coefficient (Wildman–Crippen LogP) is 4.39. The molecule has 1 heterocycles. The van der Waals surface area contributed by atoms with Gasteiger partial charge in [-0.15, -0.1) is 0 Å². The Kier molecular flexibility index (Phi) is 4.40. The molecule has 0 aliphatic heterocycles. The summed E-state index contributed by atoms with van der Waals surface area (Å²) in [5.74, 6) is -0.406. The minimum absolute atomic E-state index is 0.0742. The fraction of sp³-hybridized carbons (Fsp3) is 0.200. The second-order valence-electron chi connectivity index (χ2n) is 4.76. The molecule has 0 aliphatic rings. The van der Waals surface area contributed by atoms with Gasteiger partial charge in [-0.05, 0) is 44.5 Å². The van der Waals surface area contributed by atoms with Crippen LogP contribution in [0.5, 0.6) is 0 Å². The van der Waals surface area contributed by atoms with E-state index in [1.807, 2.05) is 0 Å². The molecular formula is C15H14Cl2N2O2. The largest absolute Gasteiger partial charge is 0.354 e. The van der Waals surface area contributed by atoms with Crippen molar-refractivity contribution in [1.29, 1.82) is 0 Å². The number of hydrogen-bond acceptors (Lipinski definition) is 2. The molecule has 0 saturated heterocycles. The number of halogens is 2. The Morgan fingerprint density at radius 3 is 2.33 bits per heavy atom. The Morgan fingerprint density at radius 1 is 1.14 bits per heavy atom. The van der Waals surface area contributed by atoms with E-state index in [-0.39, 0.29) is 11.7 Å². The number of ketones is 1. The summed E-state index contributed by atoms with van der Waals surface area (Å²) in [7, 11) is 0. The number of rotatable bonds is 3. The van der Waals surface area contributed by atoms with Crippen molar-refractivity contribution in [1.82, 2.24) is 4.98 Å². The maximum atomic E-state index is 12.3. The molecule has 0 fully saturated rings. The zero-order chi connectivity index (χ0) is 15.7. The van der Waals surface area contributed by atoms with Gasteiger partial charge in [0.25, 0.3) is 5.91 Å². The molecule has 0 aliphatic carbocycles. The van der Waals surface area contributed by atoms with Crippen LogP contribution in [0.4, 0.5) is 5.69 Å². The van der Waals surface area contributed by atoms with Crippen molar-refractivity contribution in [3.05, 3.63) is 50.8 Å². The smallest absolute Gasteiger partial charge is 0.272 e. The van der Waals surface area contributed by atoms with Gasteiger partial charge in [-0.2, -0.15) is 0 Å². The molecule has 0 radical (unpaired) electrons. The van der Waals surface area contributed by atoms with E-state index in [0.717, 1.165) is 0 Å². The molecule has 0 saturated carbocycles. The van der Waals surface area contributed by atoms with Crippen molar-refractivity contribution in [2.75, 3.05) is 5.32 Å². The summed E-state index contributed by atoms with van der Waals surface area (Å²) in [4.78, 5) is 26.8. The Morgan fingerprint density at radius 2 is 1.81 bits per heavy atom. The summed E-state index contributed by atoms with van der Waals surface area (Å²) in [6, 6.07) is 4.83. The minimum Gasteiger partial charge on any atom is -0.354 e. The summed E-state index contributed by atoms with van der Waals surface area (Å²) >= 11 is 11.7. The summed E-state index contributed by atoms with van der Waals surface area (Å²) in [6.07, 6.45) is 0. The van der Waals surface area contributed by atoms with Crippen LogP contribution < -0.4 is 5.32 Å². The third kappa shape index (κ3) is 3.12. The molecular weight excluding hydrogens is 311 g/mol. The molecule has 1 aromatic heterocycles. The van der Waals surface area contributed by atoms with Crippen molar-refractivity contribution in [2.45, 2.75) is 20.8 Å². The Labute approximate surface area is 132 Å². The normalized spacial score (nSPS) is 10.5. The van der Waals surface area contributed by atoms with Gasteiger partial charge < -0.3 is 10.3 Å². The lowest BCUT2D eigenvalue weighted by molar-refractivity contribution is 0.101. The number of nitrogens with one attached hydrogen (secondary N) is 2. The average Bonchev–Trinajstić information content (AvgIpc) is 2.69. The van der Waals surface area contributed by atoms with Crippen molar-refractivity contribution < 1.29 is 9.59 Å². The first-order valence-corrected chi connectivity index (χ1v) is 7.03. The lowest BCUT2D eigenvalue weighted by atomic mass is 10.1. The topological polar surface area (TPSA) is 62.0 Å². The van der Waals surface area contributed by atoms with Crippen molar-refractivity contribution >= 4 is 40.6 Å². The molecule has 110 valence electrons. The van der Waals surface area contributed by atoms with Gasteiger partial charge in [-0.1, -0.05) is 23.2 Å². The molecule has 1 aromatic carbocycles. The maximum absolute atomic E-state index is 12.3. The molecule has 0 spiro atoms. The van der Waals surface area contributed by atoms with Crippen LogP contribution in [-0.4, -0.2) is 16.7 Å². The maximum Gasteiger partial charge on any atom is 0.272 e. The van der Waals surface area contributed by atoms with Crippen LogP contribution in [-0.2, 0) is 0 Å². The van der Waals surface area contributed by atoms with E-state index in [0.29, 0.717) is 38.2 Å². The van der Waals surface area contributed by atoms with Crippen LogP contribution in [0.15, 0.2) is 18.2 Å². The number of carbonyl (C=O) groups excluding carboxylic acids is 2. The lowest BCUT2D eigenvalue weighted by Gasteiger charge is -2.06. The van der Waals surface area contributed by atoms with Gasteiger partial charge in [-0.3, -0.25) is 9.59 Å². The number of benzene rings is 1. The van der Waals surface area contributed by atoms with E-state index in [4.69, 9.17) is 23.2 Å². The summed E-state index contributed by atoms with van der Waals surface area (Å²) < 4.78 is 0. The van der Waals surface area contributed by atoms with E-state index in [1.165, 1.54) is 6.92 Å². The van der Waals surface area contributed by atoms with Gasteiger partial charge >= 0.3 is 0 Å². The van der Waals surface area contributed by atoms with Gasteiger partial charge in [0.05, 0.1) is 10.0 Å². The number of hydrogen-bond donors (Lipinski definition) is 2. The van der Waals surface area contributed by atoms with Crippen molar-refractivity contribution in [2.24, 2.45) is 0 Å². The van der Waals surface area contributed by atoms with E-state index in [1.54, 1.807) is 32.0 Å². The second-order valence-corrected chi connectivity index (χ2v) is 5.58. The SMILES string of the molecule is CC(=O)c1c(C)[nH]c(C(=O)Nc2ccc(Cl)c(Cl)c2)c1C. The number of H-pyrrole nitrogens is 1. The zero-order valence-corrected chi connectivity index (χ0v) is 13.3. The highest BCUT2D eigenvalue weighted by Crippen LogP contribution is 2.26. The third-order valence-corrected chi connectivity index (χ3v) is 3.93. The van der Waals surface area contributed by atoms with Crippen LogP contribution in [0.2, 0.25) is 10.0 Å². The monoisotopic (exact) mass is 324 g/mol. The van der Waals surface area contributed by atoms with Crippen LogP contribution >= 0.6 is 23.2 Å². The molecule has 4 nitrogen and oxygen atoms in total. The van der Waals surface area contributed by atoms with Crippen LogP contribution in [0.1, 0.15) is 39.0 Å².